The van der Waals surface area contributed by atoms with Crippen molar-refractivity contribution in [1.82, 2.24) is 0 Å². The summed E-state index contributed by atoms with van der Waals surface area (Å²) in [6.45, 7) is 4.57. The quantitative estimate of drug-likeness (QED) is 0.0531. The molecule has 0 aromatic rings. The van der Waals surface area contributed by atoms with Gasteiger partial charge in [-0.25, -0.2) is 0 Å². The minimum atomic E-state index is -0.931. The highest BCUT2D eigenvalue weighted by Crippen LogP contribution is 2.19. The van der Waals surface area contributed by atoms with Crippen LogP contribution in [0.15, 0.2) is 0 Å². The van der Waals surface area contributed by atoms with Gasteiger partial charge in [-0.3, -0.25) is 9.59 Å². The molecule has 1 N–H and O–H groups in total. The van der Waals surface area contributed by atoms with E-state index < -0.39 is 5.97 Å². The predicted octanol–water partition coefficient (Wildman–Crippen LogP) is 14.5. The molecule has 0 aliphatic rings. The van der Waals surface area contributed by atoms with Crippen LogP contribution in [0.25, 0.3) is 0 Å². The molecule has 0 fully saturated rings. The van der Waals surface area contributed by atoms with Gasteiger partial charge in [0.15, 0.2) is 0 Å². The first-order chi connectivity index (χ1) is 22.6. The number of aliphatic carboxylic acids is 1. The molecule has 0 aliphatic carbocycles. The maximum atomic E-state index is 12.2. The topological polar surface area (TPSA) is 63.6 Å². The zero-order valence-electron chi connectivity index (χ0n) is 31.4. The van der Waals surface area contributed by atoms with Gasteiger partial charge in [0.1, 0.15) is 6.10 Å². The first-order valence-electron chi connectivity index (χ1n) is 21.0. The molecule has 0 aliphatic heterocycles. The van der Waals surface area contributed by atoms with Gasteiger partial charge in [-0.15, -0.1) is 0 Å². The highest BCUT2D eigenvalue weighted by atomic mass is 16.5. The number of carbonyl (C=O) groups excluding carboxylic acids is 1. The van der Waals surface area contributed by atoms with E-state index in [1.54, 1.807) is 0 Å². The maximum Gasteiger partial charge on any atom is 0.306 e. The Kier molecular flexibility index (Phi) is 37.5. The summed E-state index contributed by atoms with van der Waals surface area (Å²) in [6, 6.07) is 0. The highest BCUT2D eigenvalue weighted by molar-refractivity contribution is 5.76. The van der Waals surface area contributed by atoms with Gasteiger partial charge in [-0.2, -0.15) is 0 Å². The molecule has 0 aromatic carbocycles. The van der Waals surface area contributed by atoms with E-state index >= 15 is 0 Å². The Morgan fingerprint density at radius 2 is 0.630 bits per heavy atom. The molecule has 0 bridgehead atoms. The van der Waals surface area contributed by atoms with Crippen molar-refractivity contribution in [2.45, 2.75) is 258 Å². The molecule has 274 valence electrons. The van der Waals surface area contributed by atoms with Crippen molar-refractivity contribution in [2.75, 3.05) is 0 Å². The Morgan fingerprint density at radius 1 is 0.391 bits per heavy atom. The van der Waals surface area contributed by atoms with E-state index in [0.29, 0.717) is 0 Å². The van der Waals surface area contributed by atoms with Crippen LogP contribution in [0.5, 0.6) is 0 Å². The van der Waals surface area contributed by atoms with Gasteiger partial charge in [0.25, 0.3) is 0 Å². The minimum Gasteiger partial charge on any atom is -0.481 e. The van der Waals surface area contributed by atoms with E-state index in [-0.39, 0.29) is 24.9 Å². The van der Waals surface area contributed by atoms with Crippen LogP contribution in [0, 0.1) is 0 Å². The molecule has 0 amide bonds. The Balaban J connectivity index is 3.79. The van der Waals surface area contributed by atoms with Crippen LogP contribution in [-0.4, -0.2) is 23.1 Å². The summed E-state index contributed by atoms with van der Waals surface area (Å²) < 4.78 is 5.75. The van der Waals surface area contributed by atoms with Gasteiger partial charge in [-0.1, -0.05) is 213 Å². The number of carboxylic acid groups (broad SMARTS) is 1. The molecule has 0 spiro atoms. The van der Waals surface area contributed by atoms with Gasteiger partial charge in [-0.05, 0) is 25.7 Å². The first kappa shape index (κ1) is 44.9. The van der Waals surface area contributed by atoms with Crippen molar-refractivity contribution < 1.29 is 19.4 Å². The summed E-state index contributed by atoms with van der Waals surface area (Å²) in [5.74, 6) is -1.27. The van der Waals surface area contributed by atoms with Crippen molar-refractivity contribution >= 4 is 11.9 Å². The second-order valence-corrected chi connectivity index (χ2v) is 14.5. The fourth-order valence-electron chi connectivity index (χ4n) is 6.73. The van der Waals surface area contributed by atoms with Crippen molar-refractivity contribution in [1.29, 1.82) is 0 Å². The van der Waals surface area contributed by atoms with Gasteiger partial charge in [0.05, 0.1) is 12.8 Å². The molecule has 0 saturated heterocycles. The van der Waals surface area contributed by atoms with Crippen LogP contribution in [0.3, 0.4) is 0 Å². The van der Waals surface area contributed by atoms with Gasteiger partial charge in [0, 0.05) is 0 Å². The monoisotopic (exact) mass is 651 g/mol. The molecule has 46 heavy (non-hydrogen) atoms. The zero-order valence-corrected chi connectivity index (χ0v) is 31.4. The number of esters is 1. The number of ether oxygens (including phenoxy) is 1. The third kappa shape index (κ3) is 37.4. The lowest BCUT2D eigenvalue weighted by atomic mass is 10.0. The summed E-state index contributed by atoms with van der Waals surface area (Å²) >= 11 is 0. The van der Waals surface area contributed by atoms with E-state index in [0.717, 1.165) is 25.7 Å². The minimum absolute atomic E-state index is 0.0101. The lowest BCUT2D eigenvalue weighted by Gasteiger charge is -2.18. The number of unbranched alkanes of at least 4 members (excludes halogenated alkanes) is 31. The number of hydrogen-bond acceptors (Lipinski definition) is 3. The highest BCUT2D eigenvalue weighted by Gasteiger charge is 2.15. The molecule has 0 aromatic heterocycles. The molecule has 0 rings (SSSR count). The van der Waals surface area contributed by atoms with Gasteiger partial charge >= 0.3 is 11.9 Å². The molecule has 4 nitrogen and oxygen atoms in total. The summed E-state index contributed by atoms with van der Waals surface area (Å²) in [5.41, 5.74) is 0. The Bertz CT molecular complexity index is 619. The third-order valence-corrected chi connectivity index (χ3v) is 9.85. The molecular formula is C42H82O4. The number of hydrogen-bond donors (Lipinski definition) is 1. The van der Waals surface area contributed by atoms with Crippen LogP contribution in [0.4, 0.5) is 0 Å². The van der Waals surface area contributed by atoms with Crippen LogP contribution >= 0.6 is 0 Å². The molecule has 0 saturated carbocycles. The second kappa shape index (κ2) is 38.4. The molecule has 0 radical (unpaired) electrons. The average Bonchev–Trinajstić information content (AvgIpc) is 3.04. The van der Waals surface area contributed by atoms with E-state index in [4.69, 9.17) is 9.84 Å². The van der Waals surface area contributed by atoms with Crippen molar-refractivity contribution in [3.8, 4) is 0 Å². The lowest BCUT2D eigenvalue weighted by molar-refractivity contribution is -0.152. The van der Waals surface area contributed by atoms with Crippen molar-refractivity contribution in [3.05, 3.63) is 0 Å². The smallest absolute Gasteiger partial charge is 0.306 e. The summed E-state index contributed by atoms with van der Waals surface area (Å²) in [4.78, 5) is 23.1. The van der Waals surface area contributed by atoms with Crippen molar-refractivity contribution in [3.63, 3.8) is 0 Å². The fraction of sp³-hybridized carbons (Fsp3) is 0.952. The normalized spacial score (nSPS) is 12.0. The number of rotatable bonds is 39. The third-order valence-electron chi connectivity index (χ3n) is 9.85. The second-order valence-electron chi connectivity index (χ2n) is 14.5. The lowest BCUT2D eigenvalue weighted by Crippen LogP contribution is -2.19. The zero-order chi connectivity index (χ0) is 33.6. The average molecular weight is 651 g/mol. The van der Waals surface area contributed by atoms with Gasteiger partial charge in [0.2, 0.25) is 0 Å². The number of carbonyl (C=O) groups is 2. The molecule has 0 heterocycles. The van der Waals surface area contributed by atoms with E-state index in [9.17, 15) is 9.59 Å². The van der Waals surface area contributed by atoms with Gasteiger partial charge < -0.3 is 9.84 Å². The van der Waals surface area contributed by atoms with Crippen molar-refractivity contribution in [2.24, 2.45) is 0 Å². The van der Waals surface area contributed by atoms with Crippen LogP contribution in [-0.2, 0) is 14.3 Å². The predicted molar refractivity (Wildman–Crippen MR) is 200 cm³/mol. The summed E-state index contributed by atoms with van der Waals surface area (Å²) in [6.07, 6.45) is 46.6. The largest absolute Gasteiger partial charge is 0.481 e. The van der Waals surface area contributed by atoms with Crippen LogP contribution < -0.4 is 0 Å². The summed E-state index contributed by atoms with van der Waals surface area (Å²) in [5, 5.41) is 8.91. The Morgan fingerprint density at radius 3 is 0.870 bits per heavy atom. The standard InChI is InChI=1S/C42H82O4/c1-3-5-7-9-11-13-15-17-19-21-23-25-27-29-31-33-35-37-40(46-42(45)39-38-41(43)44)36-34-32-30-28-26-24-22-20-18-16-14-12-10-8-6-4-2/h40H,3-39H2,1-2H3,(H,43,44). The molecule has 4 heteroatoms. The van der Waals surface area contributed by atoms with E-state index in [1.807, 2.05) is 0 Å². The molecular weight excluding hydrogens is 568 g/mol. The van der Waals surface area contributed by atoms with Crippen LogP contribution in [0.2, 0.25) is 0 Å². The summed E-state index contributed by atoms with van der Waals surface area (Å²) in [7, 11) is 0. The SMILES string of the molecule is CCCCCCCCCCCCCCCCCCCC(CCCCCCCCCCCCCCCCCC)OC(=O)CCC(=O)O. The Hall–Kier alpha value is -1.06. The van der Waals surface area contributed by atoms with E-state index in [1.165, 1.54) is 199 Å². The molecule has 1 atom stereocenters. The van der Waals surface area contributed by atoms with Crippen LogP contribution in [0.1, 0.15) is 251 Å². The van der Waals surface area contributed by atoms with E-state index in [2.05, 4.69) is 13.8 Å². The fourth-order valence-corrected chi connectivity index (χ4v) is 6.73. The first-order valence-corrected chi connectivity index (χ1v) is 21.0. The Labute approximate surface area is 288 Å². The number of carboxylic acids is 1. The maximum absolute atomic E-state index is 12.2. The molecule has 1 unspecified atom stereocenters.